The Labute approximate surface area is 149 Å². The second-order valence-corrected chi connectivity index (χ2v) is 6.30. The molecule has 0 amide bonds. The third kappa shape index (κ3) is 3.02. The molecule has 3 rings (SSSR count). The van der Waals surface area contributed by atoms with Crippen LogP contribution in [0.3, 0.4) is 0 Å². The molecule has 0 aliphatic heterocycles. The van der Waals surface area contributed by atoms with Crippen molar-refractivity contribution in [3.05, 3.63) is 58.1 Å². The van der Waals surface area contributed by atoms with Gasteiger partial charge in [-0.2, -0.15) is 0 Å². The Morgan fingerprint density at radius 2 is 1.85 bits per heavy atom. The minimum Gasteiger partial charge on any atom is -0.507 e. The first-order chi connectivity index (χ1) is 12.3. The van der Waals surface area contributed by atoms with Crippen molar-refractivity contribution in [1.29, 1.82) is 0 Å². The van der Waals surface area contributed by atoms with Gasteiger partial charge in [-0.05, 0) is 42.2 Å². The van der Waals surface area contributed by atoms with Crippen molar-refractivity contribution in [2.45, 2.75) is 32.1 Å². The molecule has 136 valence electrons. The summed E-state index contributed by atoms with van der Waals surface area (Å²) in [6.07, 6.45) is -0.884. The molecule has 0 unspecified atom stereocenters. The Morgan fingerprint density at radius 1 is 1.15 bits per heavy atom. The average Bonchev–Trinajstić information content (AvgIpc) is 2.57. The quantitative estimate of drug-likeness (QED) is 0.476. The summed E-state index contributed by atoms with van der Waals surface area (Å²) in [7, 11) is 0. The third-order valence-corrected chi connectivity index (χ3v) is 4.40. The van der Waals surface area contributed by atoms with Crippen LogP contribution in [0.1, 0.15) is 34.7 Å². The fourth-order valence-electron chi connectivity index (χ4n) is 3.23. The maximum atomic E-state index is 11.5. The summed E-state index contributed by atoms with van der Waals surface area (Å²) in [5.41, 5.74) is 2.60. The lowest BCUT2D eigenvalue weighted by atomic mass is 9.82. The van der Waals surface area contributed by atoms with E-state index in [-0.39, 0.29) is 23.8 Å². The van der Waals surface area contributed by atoms with Crippen LogP contribution < -0.4 is 0 Å². The highest BCUT2D eigenvalue weighted by Crippen LogP contribution is 2.38. The molecule has 0 radical (unpaired) electrons. The summed E-state index contributed by atoms with van der Waals surface area (Å²) >= 11 is 0. The third-order valence-electron chi connectivity index (χ3n) is 4.40. The molecule has 0 aromatic heterocycles. The van der Waals surface area contributed by atoms with Gasteiger partial charge in [0.25, 0.3) is 0 Å². The Bertz CT molecular complexity index is 903. The molecule has 2 aromatic carbocycles. The van der Waals surface area contributed by atoms with Crippen molar-refractivity contribution in [2.24, 2.45) is 4.99 Å². The number of aliphatic imine (C=N–C) groups is 1. The van der Waals surface area contributed by atoms with Crippen LogP contribution in [0.15, 0.2) is 35.3 Å². The normalized spacial score (nSPS) is 16.7. The molecule has 2 aromatic rings. The Hall–Kier alpha value is -2.90. The summed E-state index contributed by atoms with van der Waals surface area (Å²) in [6.45, 7) is 1.05. The largest absolute Gasteiger partial charge is 0.507 e. The van der Waals surface area contributed by atoms with E-state index >= 15 is 0 Å². The molecule has 1 aliphatic rings. The first-order valence-electron chi connectivity index (χ1n) is 8.09. The van der Waals surface area contributed by atoms with Crippen LogP contribution in [0, 0.1) is 0 Å². The number of aliphatic hydroxyl groups excluding tert-OH is 2. The van der Waals surface area contributed by atoms with Gasteiger partial charge in [-0.1, -0.05) is 18.2 Å². The number of nitrogens with zero attached hydrogens (tertiary/aromatic N) is 1. The van der Waals surface area contributed by atoms with E-state index in [0.29, 0.717) is 34.2 Å². The Kier molecular flexibility index (Phi) is 4.67. The van der Waals surface area contributed by atoms with Crippen LogP contribution in [-0.2, 0) is 17.8 Å². The van der Waals surface area contributed by atoms with Crippen molar-refractivity contribution in [1.82, 2.24) is 0 Å². The van der Waals surface area contributed by atoms with Gasteiger partial charge in [-0.15, -0.1) is 0 Å². The lowest BCUT2D eigenvalue weighted by Crippen LogP contribution is -2.32. The van der Waals surface area contributed by atoms with E-state index in [4.69, 9.17) is 0 Å². The molecule has 5 N–H and O–H groups in total. The molecule has 7 heteroatoms. The maximum absolute atomic E-state index is 11.5. The zero-order valence-electron chi connectivity index (χ0n) is 14.0. The number of hydrogen-bond donors (Lipinski definition) is 5. The monoisotopic (exact) mass is 357 g/mol. The SMILES string of the molecule is C[C@@H](O)[C@H](N=C1c2c(O)cccc2Cc2cc(CO)cc(O)c21)C(=O)O. The second kappa shape index (κ2) is 6.78. The highest BCUT2D eigenvalue weighted by atomic mass is 16.4. The van der Waals surface area contributed by atoms with Gasteiger partial charge in [-0.3, -0.25) is 4.99 Å². The number of phenols is 2. The van der Waals surface area contributed by atoms with Gasteiger partial charge in [0.1, 0.15) is 11.5 Å². The molecule has 0 saturated heterocycles. The fraction of sp³-hybridized carbons (Fsp3) is 0.263. The number of aromatic hydroxyl groups is 2. The summed E-state index contributed by atoms with van der Waals surface area (Å²) in [5, 5.41) is 49.3. The summed E-state index contributed by atoms with van der Waals surface area (Å²) in [6, 6.07) is 6.51. The molecule has 0 spiro atoms. The molecule has 0 saturated carbocycles. The lowest BCUT2D eigenvalue weighted by molar-refractivity contribution is -0.140. The number of aliphatic carboxylic acids is 1. The molecule has 0 fully saturated rings. The van der Waals surface area contributed by atoms with Crippen LogP contribution in [0.2, 0.25) is 0 Å². The van der Waals surface area contributed by atoms with Crippen LogP contribution >= 0.6 is 0 Å². The molecule has 0 heterocycles. The first-order valence-corrected chi connectivity index (χ1v) is 8.09. The first kappa shape index (κ1) is 17.9. The highest BCUT2D eigenvalue weighted by molar-refractivity contribution is 6.19. The van der Waals surface area contributed by atoms with Gasteiger partial charge in [0.2, 0.25) is 0 Å². The van der Waals surface area contributed by atoms with Crippen LogP contribution in [0.4, 0.5) is 0 Å². The van der Waals surface area contributed by atoms with Crippen molar-refractivity contribution >= 4 is 11.7 Å². The summed E-state index contributed by atoms with van der Waals surface area (Å²) in [4.78, 5) is 15.7. The molecule has 2 atom stereocenters. The Balaban J connectivity index is 2.31. The van der Waals surface area contributed by atoms with E-state index in [9.17, 15) is 30.3 Å². The van der Waals surface area contributed by atoms with Crippen LogP contribution in [-0.4, -0.2) is 49.4 Å². The lowest BCUT2D eigenvalue weighted by Gasteiger charge is -2.25. The van der Waals surface area contributed by atoms with E-state index in [1.807, 2.05) is 0 Å². The number of fused-ring (bicyclic) bond motifs is 2. The van der Waals surface area contributed by atoms with Gasteiger partial charge in [0, 0.05) is 11.1 Å². The number of aliphatic hydroxyl groups is 2. The van der Waals surface area contributed by atoms with E-state index in [0.717, 1.165) is 0 Å². The van der Waals surface area contributed by atoms with E-state index in [1.165, 1.54) is 19.1 Å². The van der Waals surface area contributed by atoms with Gasteiger partial charge >= 0.3 is 5.97 Å². The van der Waals surface area contributed by atoms with E-state index in [1.54, 1.807) is 18.2 Å². The fourth-order valence-corrected chi connectivity index (χ4v) is 3.23. The van der Waals surface area contributed by atoms with Crippen molar-refractivity contribution in [2.75, 3.05) is 0 Å². The molecule has 1 aliphatic carbocycles. The molecule has 0 bridgehead atoms. The minimum absolute atomic E-state index is 0.0905. The number of rotatable bonds is 4. The number of carboxylic acids is 1. The van der Waals surface area contributed by atoms with Gasteiger partial charge < -0.3 is 25.5 Å². The predicted octanol–water partition coefficient (Wildman–Crippen LogP) is 1.17. The van der Waals surface area contributed by atoms with Gasteiger partial charge in [0.05, 0.1) is 18.4 Å². The van der Waals surface area contributed by atoms with Crippen molar-refractivity contribution in [3.8, 4) is 11.5 Å². The number of carbonyl (C=O) groups is 1. The highest BCUT2D eigenvalue weighted by Gasteiger charge is 2.31. The van der Waals surface area contributed by atoms with Crippen molar-refractivity contribution < 1.29 is 30.3 Å². The maximum Gasteiger partial charge on any atom is 0.331 e. The summed E-state index contributed by atoms with van der Waals surface area (Å²) < 4.78 is 0. The van der Waals surface area contributed by atoms with E-state index in [2.05, 4.69) is 4.99 Å². The smallest absolute Gasteiger partial charge is 0.331 e. The van der Waals surface area contributed by atoms with Gasteiger partial charge in [-0.25, -0.2) is 4.79 Å². The second-order valence-electron chi connectivity index (χ2n) is 6.30. The topological polar surface area (TPSA) is 131 Å². The number of carboxylic acid groups (broad SMARTS) is 1. The molecular formula is C19H19NO6. The molecule has 7 nitrogen and oxygen atoms in total. The molecular weight excluding hydrogens is 338 g/mol. The van der Waals surface area contributed by atoms with E-state index < -0.39 is 18.1 Å². The van der Waals surface area contributed by atoms with Crippen LogP contribution in [0.5, 0.6) is 11.5 Å². The minimum atomic E-state index is -1.46. The zero-order valence-corrected chi connectivity index (χ0v) is 14.0. The molecule has 26 heavy (non-hydrogen) atoms. The van der Waals surface area contributed by atoms with Crippen molar-refractivity contribution in [3.63, 3.8) is 0 Å². The summed E-state index contributed by atoms with van der Waals surface area (Å²) in [5.74, 6) is -1.58. The number of phenolic OH excluding ortho intramolecular Hbond substituents is 2. The Morgan fingerprint density at radius 3 is 2.46 bits per heavy atom. The standard InChI is InChI=1S/C19H19NO6/c1-9(22)17(19(25)26)20-18-15-11(3-2-4-13(15)23)7-12-5-10(8-21)6-14(24)16(12)18/h2-6,9,17,21-24H,7-8H2,1H3,(H,25,26)/t9-,17+/m1/s1. The number of benzene rings is 2. The average molecular weight is 357 g/mol. The van der Waals surface area contributed by atoms with Gasteiger partial charge in [0.15, 0.2) is 6.04 Å². The zero-order chi connectivity index (χ0) is 19.0. The van der Waals surface area contributed by atoms with Crippen LogP contribution in [0.25, 0.3) is 0 Å². The predicted molar refractivity (Wildman–Crippen MR) is 93.7 cm³/mol. The number of hydrogen-bond acceptors (Lipinski definition) is 6.